The van der Waals surface area contributed by atoms with Gasteiger partial charge in [0, 0.05) is 43.3 Å². The molecule has 0 amide bonds. The lowest BCUT2D eigenvalue weighted by atomic mass is 9.90. The zero-order chi connectivity index (χ0) is 19.0. The van der Waals surface area contributed by atoms with Gasteiger partial charge in [-0.15, -0.1) is 0 Å². The largest absolute Gasteiger partial charge is 0.365 e. The third-order valence-corrected chi connectivity index (χ3v) is 5.87. The van der Waals surface area contributed by atoms with Crippen LogP contribution >= 0.6 is 11.6 Å². The molecule has 2 aliphatic heterocycles. The average Bonchev–Trinajstić information content (AvgIpc) is 3.26. The first kappa shape index (κ1) is 18.8. The number of nitrogens with one attached hydrogen (secondary N) is 1. The molecule has 8 heteroatoms. The summed E-state index contributed by atoms with van der Waals surface area (Å²) in [6, 6.07) is 7.39. The van der Waals surface area contributed by atoms with Crippen molar-refractivity contribution in [3.05, 3.63) is 35.2 Å². The molecule has 2 atom stereocenters. The van der Waals surface area contributed by atoms with Gasteiger partial charge in [-0.25, -0.2) is 0 Å². The van der Waals surface area contributed by atoms with Crippen LogP contribution in [0.4, 0.5) is 0 Å². The molecule has 0 bridgehead atoms. The van der Waals surface area contributed by atoms with Gasteiger partial charge in [0.2, 0.25) is 11.7 Å². The predicted octanol–water partition coefficient (Wildman–Crippen LogP) is 1.78. The number of aliphatic hydroxyl groups excluding tert-OH is 1. The Morgan fingerprint density at radius 3 is 2.81 bits per heavy atom. The van der Waals surface area contributed by atoms with E-state index < -0.39 is 6.35 Å². The molecule has 2 N–H and O–H groups in total. The average molecular weight is 392 g/mol. The SMILES string of the molecule is CN1CC(CNC(O)N2CC[C@@](C)(c3nc(-c4ccc(Cl)cc4)no3)C2)C1. The van der Waals surface area contributed by atoms with Crippen LogP contribution in [-0.2, 0) is 5.41 Å². The number of rotatable bonds is 6. The summed E-state index contributed by atoms with van der Waals surface area (Å²) in [7, 11) is 2.11. The number of aliphatic hydroxyl groups is 1. The van der Waals surface area contributed by atoms with Crippen molar-refractivity contribution in [2.75, 3.05) is 39.8 Å². The summed E-state index contributed by atoms with van der Waals surface area (Å²) in [5.41, 5.74) is 0.608. The Hall–Kier alpha value is -1.51. The van der Waals surface area contributed by atoms with E-state index in [2.05, 4.69) is 34.3 Å². The van der Waals surface area contributed by atoms with Crippen molar-refractivity contribution in [2.45, 2.75) is 25.1 Å². The van der Waals surface area contributed by atoms with E-state index in [1.54, 1.807) is 0 Å². The highest BCUT2D eigenvalue weighted by Gasteiger charge is 2.42. The van der Waals surface area contributed by atoms with Gasteiger partial charge in [0.25, 0.3) is 0 Å². The molecular formula is C19H26ClN5O2. The Labute approximate surface area is 164 Å². The molecule has 2 fully saturated rings. The van der Waals surface area contributed by atoms with E-state index >= 15 is 0 Å². The van der Waals surface area contributed by atoms with Crippen molar-refractivity contribution in [1.29, 1.82) is 0 Å². The Bertz CT molecular complexity index is 777. The first-order chi connectivity index (χ1) is 12.9. The third-order valence-electron chi connectivity index (χ3n) is 5.62. The molecule has 0 radical (unpaired) electrons. The predicted molar refractivity (Wildman–Crippen MR) is 103 cm³/mol. The third kappa shape index (κ3) is 4.02. The highest BCUT2D eigenvalue weighted by atomic mass is 35.5. The summed E-state index contributed by atoms with van der Waals surface area (Å²) in [5, 5.41) is 18.5. The molecule has 7 nitrogen and oxygen atoms in total. The monoisotopic (exact) mass is 391 g/mol. The van der Waals surface area contributed by atoms with Crippen LogP contribution in [0.2, 0.25) is 5.02 Å². The number of hydrogen-bond donors (Lipinski definition) is 2. The summed E-state index contributed by atoms with van der Waals surface area (Å²) in [6.45, 7) is 6.58. The number of likely N-dealkylation sites (tertiary alicyclic amines) is 2. The Kier molecular flexibility index (Phi) is 5.22. The Balaban J connectivity index is 1.37. The van der Waals surface area contributed by atoms with Crippen LogP contribution in [0.3, 0.4) is 0 Å². The maximum atomic E-state index is 10.5. The normalized spacial score (nSPS) is 25.6. The maximum absolute atomic E-state index is 10.5. The van der Waals surface area contributed by atoms with Gasteiger partial charge in [0.05, 0.1) is 5.41 Å². The van der Waals surface area contributed by atoms with Crippen LogP contribution in [0.25, 0.3) is 11.4 Å². The fourth-order valence-corrected chi connectivity index (χ4v) is 4.05. The molecule has 0 saturated carbocycles. The summed E-state index contributed by atoms with van der Waals surface area (Å²) in [5.74, 6) is 1.80. The molecule has 0 aliphatic carbocycles. The van der Waals surface area contributed by atoms with E-state index in [1.165, 1.54) is 0 Å². The smallest absolute Gasteiger partial charge is 0.234 e. The van der Waals surface area contributed by atoms with Gasteiger partial charge in [-0.1, -0.05) is 16.8 Å². The molecule has 4 rings (SSSR count). The zero-order valence-corrected chi connectivity index (χ0v) is 16.5. The minimum atomic E-state index is -0.642. The molecule has 1 unspecified atom stereocenters. The van der Waals surface area contributed by atoms with E-state index in [0.717, 1.165) is 38.2 Å². The second kappa shape index (κ2) is 7.48. The molecule has 2 aromatic rings. The van der Waals surface area contributed by atoms with E-state index in [0.29, 0.717) is 29.2 Å². The summed E-state index contributed by atoms with van der Waals surface area (Å²) >= 11 is 5.94. The topological polar surface area (TPSA) is 77.7 Å². The maximum Gasteiger partial charge on any atom is 0.234 e. The fourth-order valence-electron chi connectivity index (χ4n) is 3.92. The van der Waals surface area contributed by atoms with Crippen molar-refractivity contribution in [1.82, 2.24) is 25.3 Å². The number of hydrogen-bond acceptors (Lipinski definition) is 7. The van der Waals surface area contributed by atoms with Crippen molar-refractivity contribution in [3.8, 4) is 11.4 Å². The van der Waals surface area contributed by atoms with Crippen LogP contribution in [0.15, 0.2) is 28.8 Å². The van der Waals surface area contributed by atoms with Crippen molar-refractivity contribution < 1.29 is 9.63 Å². The summed E-state index contributed by atoms with van der Waals surface area (Å²) in [4.78, 5) is 8.92. The van der Waals surface area contributed by atoms with E-state index in [-0.39, 0.29) is 5.41 Å². The number of benzene rings is 1. The Morgan fingerprint density at radius 2 is 2.11 bits per heavy atom. The summed E-state index contributed by atoms with van der Waals surface area (Å²) in [6.07, 6.45) is 0.219. The second-order valence-electron chi connectivity index (χ2n) is 8.08. The molecule has 2 saturated heterocycles. The molecule has 1 aromatic heterocycles. The summed E-state index contributed by atoms with van der Waals surface area (Å²) < 4.78 is 5.57. The van der Waals surface area contributed by atoms with Gasteiger partial charge in [0.1, 0.15) is 0 Å². The molecule has 146 valence electrons. The highest BCUT2D eigenvalue weighted by Crippen LogP contribution is 2.34. The molecule has 2 aliphatic rings. The Morgan fingerprint density at radius 1 is 1.37 bits per heavy atom. The van der Waals surface area contributed by atoms with E-state index in [4.69, 9.17) is 16.1 Å². The minimum Gasteiger partial charge on any atom is -0.365 e. The van der Waals surface area contributed by atoms with E-state index in [1.807, 2.05) is 29.2 Å². The van der Waals surface area contributed by atoms with Crippen LogP contribution in [0, 0.1) is 5.92 Å². The molecular weight excluding hydrogens is 366 g/mol. The lowest BCUT2D eigenvalue weighted by molar-refractivity contribution is -0.0199. The van der Waals surface area contributed by atoms with E-state index in [9.17, 15) is 5.11 Å². The zero-order valence-electron chi connectivity index (χ0n) is 15.7. The van der Waals surface area contributed by atoms with Gasteiger partial charge < -0.3 is 14.5 Å². The second-order valence-corrected chi connectivity index (χ2v) is 8.52. The lowest BCUT2D eigenvalue weighted by Gasteiger charge is -2.37. The number of aromatic nitrogens is 2. The van der Waals surface area contributed by atoms with Gasteiger partial charge in [0.15, 0.2) is 6.35 Å². The van der Waals surface area contributed by atoms with Crippen LogP contribution in [0.5, 0.6) is 0 Å². The molecule has 27 heavy (non-hydrogen) atoms. The standard InChI is InChI=1S/C19H26ClN5O2/c1-19(17-22-16(23-27-17)14-3-5-15(20)6-4-14)7-8-25(12-19)18(26)21-9-13-10-24(2)11-13/h3-6,13,18,21,26H,7-12H2,1-2H3/t18?,19-/m1/s1. The van der Waals surface area contributed by atoms with Crippen molar-refractivity contribution >= 4 is 11.6 Å². The quantitative estimate of drug-likeness (QED) is 0.727. The highest BCUT2D eigenvalue weighted by molar-refractivity contribution is 6.30. The minimum absolute atomic E-state index is 0.267. The van der Waals surface area contributed by atoms with Crippen LogP contribution in [0.1, 0.15) is 19.2 Å². The molecule has 1 aromatic carbocycles. The van der Waals surface area contributed by atoms with Crippen molar-refractivity contribution in [2.24, 2.45) is 5.92 Å². The number of nitrogens with zero attached hydrogens (tertiary/aromatic N) is 4. The van der Waals surface area contributed by atoms with Crippen LogP contribution < -0.4 is 5.32 Å². The van der Waals surface area contributed by atoms with Crippen LogP contribution in [-0.4, -0.2) is 71.2 Å². The number of halogens is 1. The van der Waals surface area contributed by atoms with Gasteiger partial charge in [-0.2, -0.15) is 4.98 Å². The first-order valence-electron chi connectivity index (χ1n) is 9.37. The van der Waals surface area contributed by atoms with Crippen molar-refractivity contribution in [3.63, 3.8) is 0 Å². The lowest BCUT2D eigenvalue weighted by Crippen LogP contribution is -2.53. The van der Waals surface area contributed by atoms with Gasteiger partial charge in [-0.05, 0) is 50.6 Å². The van der Waals surface area contributed by atoms with Gasteiger partial charge in [-0.3, -0.25) is 10.2 Å². The first-order valence-corrected chi connectivity index (χ1v) is 9.75. The molecule has 0 spiro atoms. The molecule has 3 heterocycles. The fraction of sp³-hybridized carbons (Fsp3) is 0.579. The van der Waals surface area contributed by atoms with Gasteiger partial charge >= 0.3 is 0 Å².